The Bertz CT molecular complexity index is 8180. The Morgan fingerprint density at radius 1 is 0.167 bits per heavy atom. The minimum absolute atomic E-state index is 0.111. The molecule has 0 bridgehead atoms. The largest absolute Gasteiger partial charge is 0.456 e. The highest BCUT2D eigenvalue weighted by molar-refractivity contribution is 6.06. The first-order chi connectivity index (χ1) is 65.4. The molecule has 0 N–H and O–H groups in total. The van der Waals surface area contributed by atoms with Crippen LogP contribution in [0.1, 0.15) is 67.1 Å². The molecule has 0 amide bonds. The van der Waals surface area contributed by atoms with Gasteiger partial charge in [0.25, 0.3) is 0 Å². The number of rotatable bonds is 17. The summed E-state index contributed by atoms with van der Waals surface area (Å²) in [4.78, 5) is 7.09. The molecule has 20 aromatic carbocycles. The van der Waals surface area contributed by atoms with Gasteiger partial charge < -0.3 is 23.5 Å². The third kappa shape index (κ3) is 12.0. The van der Waals surface area contributed by atoms with Gasteiger partial charge in [-0.1, -0.05) is 358 Å². The molecule has 0 saturated carbocycles. The van der Waals surface area contributed by atoms with E-state index in [0.717, 1.165) is 146 Å². The lowest BCUT2D eigenvalue weighted by Crippen LogP contribution is -2.26. The molecule has 4 aliphatic carbocycles. The Morgan fingerprint density at radius 2 is 0.447 bits per heavy atom. The van der Waals surface area contributed by atoms with Crippen molar-refractivity contribution in [2.45, 2.75) is 16.7 Å². The van der Waals surface area contributed by atoms with Crippen molar-refractivity contribution < 1.29 is 8.83 Å². The zero-order valence-corrected chi connectivity index (χ0v) is 72.1. The fourth-order valence-corrected chi connectivity index (χ4v) is 22.4. The number of fused-ring (bicyclic) bond motifs is 24. The van der Waals surface area contributed by atoms with Crippen LogP contribution < -0.4 is 14.7 Å². The van der Waals surface area contributed by atoms with Crippen molar-refractivity contribution in [1.29, 1.82) is 0 Å². The van der Waals surface area contributed by atoms with Crippen LogP contribution >= 0.6 is 0 Å². The van der Waals surface area contributed by atoms with E-state index in [-0.39, 0.29) is 5.92 Å². The second-order valence-corrected chi connectivity index (χ2v) is 35.2. The summed E-state index contributed by atoms with van der Waals surface area (Å²) in [5.41, 5.74) is 42.4. The van der Waals surface area contributed by atoms with Crippen LogP contribution in [0.2, 0.25) is 0 Å². The predicted molar refractivity (Wildman–Crippen MR) is 544 cm³/mol. The molecule has 0 fully saturated rings. The quantitative estimate of drug-likeness (QED) is 0.0849. The van der Waals surface area contributed by atoms with Gasteiger partial charge in [-0.2, -0.15) is 0 Å². The molecule has 2 atom stereocenters. The van der Waals surface area contributed by atoms with E-state index in [2.05, 4.69) is 512 Å². The summed E-state index contributed by atoms with van der Waals surface area (Å²) in [7, 11) is 0. The second-order valence-electron chi connectivity index (χ2n) is 35.2. The van der Waals surface area contributed by atoms with E-state index in [0.29, 0.717) is 0 Å². The number of para-hydroxylation sites is 5. The molecular weight excluding hydrogens is 1600 g/mol. The Morgan fingerprint density at radius 3 is 0.939 bits per heavy atom. The van der Waals surface area contributed by atoms with Crippen molar-refractivity contribution in [2.24, 2.45) is 0 Å². The minimum atomic E-state index is -0.645. The van der Waals surface area contributed by atoms with Gasteiger partial charge in [0.2, 0.25) is 0 Å². The van der Waals surface area contributed by atoms with Crippen LogP contribution in [0.3, 0.4) is 0 Å². The normalized spacial score (nSPS) is 14.3. The van der Waals surface area contributed by atoms with Gasteiger partial charge in [0.1, 0.15) is 22.7 Å². The molecule has 26 rings (SSSR count). The van der Waals surface area contributed by atoms with Gasteiger partial charge in [-0.15, -0.1) is 0 Å². The number of benzene rings is 20. The second kappa shape index (κ2) is 30.8. The number of furan rings is 2. The van der Waals surface area contributed by atoms with Crippen molar-refractivity contribution in [2.75, 3.05) is 14.7 Å². The molecule has 4 aliphatic rings. The Balaban J connectivity index is 0.494. The van der Waals surface area contributed by atoms with Crippen molar-refractivity contribution >= 4 is 73.1 Å². The molecule has 22 aromatic rings. The lowest BCUT2D eigenvalue weighted by molar-refractivity contribution is 0.628. The lowest BCUT2D eigenvalue weighted by atomic mass is 9.69. The highest BCUT2D eigenvalue weighted by atomic mass is 16.3. The van der Waals surface area contributed by atoms with Crippen LogP contribution in [0.5, 0.6) is 0 Å². The zero-order valence-electron chi connectivity index (χ0n) is 72.1. The molecule has 2 heterocycles. The fourth-order valence-electron chi connectivity index (χ4n) is 22.4. The van der Waals surface area contributed by atoms with Gasteiger partial charge in [0.15, 0.2) is 0 Å². The fraction of sp³-hybridized carbons (Fsp3) is 0.0236. The summed E-state index contributed by atoms with van der Waals surface area (Å²) < 4.78 is 14.3. The number of hydrogen-bond donors (Lipinski definition) is 0. The third-order valence-electron chi connectivity index (χ3n) is 28.2. The molecule has 5 nitrogen and oxygen atoms in total. The summed E-state index contributed by atoms with van der Waals surface area (Å²) >= 11 is 0. The molecule has 0 saturated heterocycles. The number of nitrogens with zero attached hydrogens (tertiary/aromatic N) is 3. The van der Waals surface area contributed by atoms with Crippen LogP contribution in [0.4, 0.5) is 51.2 Å². The average Bonchev–Trinajstić information content (AvgIpc) is 1.50. The monoisotopic (exact) mass is 1680 g/mol. The number of hydrogen-bond acceptors (Lipinski definition) is 5. The lowest BCUT2D eigenvalue weighted by Gasteiger charge is -2.31. The molecule has 132 heavy (non-hydrogen) atoms. The summed E-state index contributed by atoms with van der Waals surface area (Å²) in [6, 6.07) is 183. The number of anilines is 9. The standard InChI is InChI=1S/C127H83N3O2/c1-7-28-83(29-8-1)92-34-27-41-103(78-92)130(98-39-17-6-18-40-98)104-73-77-117-112(82-104)125-122(108-44-21-25-48-119(108)132-125)126(117)114-47-24-20-43-106(114)110-79-93(63-75-115(110)126)87-58-69-101(70-59-87)128(96-35-13-4-14-36-96)99-65-54-84(55-66-99)85-56-67-100(68-57-85)129(97-37-15-5-16-38-97)102-71-60-88(61-72-102)95-62-74-107-105-42-19-23-46-113(105)127(118(107)81-95)116-76-64-94(80-111(116)124-123(127)109-45-22-26-49-120(109)131-124)86-50-52-91(53-51-86)121(89-30-9-2-10-31-89)90-32-11-3-12-33-90/h1-82,121H. The van der Waals surface area contributed by atoms with Crippen LogP contribution in [0.15, 0.2) is 506 Å². The molecule has 0 aliphatic heterocycles. The maximum absolute atomic E-state index is 7.17. The molecule has 2 aromatic heterocycles. The maximum atomic E-state index is 7.17. The van der Waals surface area contributed by atoms with Crippen molar-refractivity contribution in [3.8, 4) is 101 Å². The minimum Gasteiger partial charge on any atom is -0.456 e. The summed E-state index contributed by atoms with van der Waals surface area (Å²) in [5.74, 6) is 1.96. The van der Waals surface area contributed by atoms with Gasteiger partial charge in [0, 0.05) is 90.1 Å². The van der Waals surface area contributed by atoms with E-state index in [4.69, 9.17) is 8.83 Å². The van der Waals surface area contributed by atoms with Crippen LogP contribution in [-0.4, -0.2) is 0 Å². The van der Waals surface area contributed by atoms with E-state index in [1.165, 1.54) is 89.0 Å². The Hall–Kier alpha value is -17.1. The maximum Gasteiger partial charge on any atom is 0.140 e. The predicted octanol–water partition coefficient (Wildman–Crippen LogP) is 33.8. The van der Waals surface area contributed by atoms with Gasteiger partial charge in [-0.3, -0.25) is 0 Å². The van der Waals surface area contributed by atoms with Crippen LogP contribution in [0.25, 0.3) is 122 Å². The summed E-state index contributed by atoms with van der Waals surface area (Å²) in [6.07, 6.45) is 0. The van der Waals surface area contributed by atoms with E-state index in [1.54, 1.807) is 0 Å². The first-order valence-corrected chi connectivity index (χ1v) is 45.6. The highest BCUT2D eigenvalue weighted by Crippen LogP contribution is 2.68. The molecule has 618 valence electrons. The highest BCUT2D eigenvalue weighted by Gasteiger charge is 2.57. The van der Waals surface area contributed by atoms with Crippen molar-refractivity contribution in [1.82, 2.24) is 0 Å². The molecule has 5 heteroatoms. The molecule has 2 unspecified atom stereocenters. The van der Waals surface area contributed by atoms with E-state index in [1.807, 2.05) is 0 Å². The Labute approximate surface area is 767 Å². The van der Waals surface area contributed by atoms with Crippen molar-refractivity contribution in [3.05, 3.63) is 559 Å². The topological polar surface area (TPSA) is 36.0 Å². The molecule has 2 spiro atoms. The van der Waals surface area contributed by atoms with E-state index >= 15 is 0 Å². The Kier molecular flexibility index (Phi) is 17.8. The van der Waals surface area contributed by atoms with E-state index < -0.39 is 10.8 Å². The molecular formula is C127H83N3O2. The average molecular weight is 1680 g/mol. The summed E-state index contributed by atoms with van der Waals surface area (Å²) in [6.45, 7) is 0. The smallest absolute Gasteiger partial charge is 0.140 e. The third-order valence-corrected chi connectivity index (χ3v) is 28.2. The van der Waals surface area contributed by atoms with Crippen molar-refractivity contribution in [3.63, 3.8) is 0 Å². The van der Waals surface area contributed by atoms with Gasteiger partial charge >= 0.3 is 0 Å². The SMILES string of the molecule is c1ccc(-c2cccc(N(c3ccccc3)c3ccc4c(c3)-c3oc5ccccc5c3C43c4ccccc4-c4cc(-c5ccc(N(c6ccccc6)c6ccc(-c7ccc(N(c8ccccc8)c8ccc(-c9ccc%10c(c9)C9(c%11ccccc%11-%10)c%10ccc(-c%11ccc(C(c%12ccccc%12)c%12ccccc%12)cc%11)cc%10-c%10oc%11ccccc%11c%109)cc8)cc7)cc6)cc5)ccc43)c2)cc1. The van der Waals surface area contributed by atoms with Gasteiger partial charge in [-0.05, 0) is 267 Å². The van der Waals surface area contributed by atoms with Crippen LogP contribution in [0, 0.1) is 0 Å². The van der Waals surface area contributed by atoms with Crippen LogP contribution in [-0.2, 0) is 10.8 Å². The zero-order chi connectivity index (χ0) is 87.0. The first-order valence-electron chi connectivity index (χ1n) is 45.6. The van der Waals surface area contributed by atoms with Gasteiger partial charge in [-0.25, -0.2) is 0 Å². The first kappa shape index (κ1) is 76.1. The van der Waals surface area contributed by atoms with E-state index in [9.17, 15) is 0 Å². The summed E-state index contributed by atoms with van der Waals surface area (Å²) in [5, 5.41) is 2.26. The van der Waals surface area contributed by atoms with Gasteiger partial charge in [0.05, 0.1) is 10.8 Å². The molecule has 0 radical (unpaired) electrons.